The summed E-state index contributed by atoms with van der Waals surface area (Å²) in [6.45, 7) is 9.57. The first-order valence-corrected chi connectivity index (χ1v) is 7.88. The van der Waals surface area contributed by atoms with Crippen LogP contribution >= 0.6 is 0 Å². The van der Waals surface area contributed by atoms with E-state index in [1.165, 1.54) is 5.56 Å². The fourth-order valence-electron chi connectivity index (χ4n) is 2.12. The molecular formula is C18H28N2O. The van der Waals surface area contributed by atoms with Gasteiger partial charge in [0.05, 0.1) is 6.54 Å². The molecule has 1 N–H and O–H groups in total. The molecule has 0 fully saturated rings. The predicted molar refractivity (Wildman–Crippen MR) is 89.5 cm³/mol. The van der Waals surface area contributed by atoms with Crippen molar-refractivity contribution in [3.05, 3.63) is 29.8 Å². The van der Waals surface area contributed by atoms with Crippen LogP contribution < -0.4 is 10.1 Å². The Kier molecular flexibility index (Phi) is 9.35. The lowest BCUT2D eigenvalue weighted by Gasteiger charge is -2.18. The Morgan fingerprint density at radius 3 is 2.52 bits per heavy atom. The largest absolute Gasteiger partial charge is 0.492 e. The Bertz CT molecular complexity index is 408. The van der Waals surface area contributed by atoms with Crippen LogP contribution in [0.5, 0.6) is 5.75 Å². The third-order valence-electron chi connectivity index (χ3n) is 3.21. The molecule has 116 valence electrons. The standard InChI is InChI=1S/C18H28N2O/c1-4-11-19-16-17-7-9-18(10-8-17)21-15-14-20(12-5-2)13-6-3/h2,7-10,19H,4,6,11-16H2,1,3H3. The molecule has 3 nitrogen and oxygen atoms in total. The summed E-state index contributed by atoms with van der Waals surface area (Å²) >= 11 is 0. The lowest BCUT2D eigenvalue weighted by Crippen LogP contribution is -2.29. The van der Waals surface area contributed by atoms with Crippen molar-refractivity contribution in [2.45, 2.75) is 33.2 Å². The van der Waals surface area contributed by atoms with E-state index in [9.17, 15) is 0 Å². The van der Waals surface area contributed by atoms with Crippen molar-refractivity contribution >= 4 is 0 Å². The van der Waals surface area contributed by atoms with Crippen LogP contribution in [-0.2, 0) is 6.54 Å². The van der Waals surface area contributed by atoms with Crippen LogP contribution in [0.3, 0.4) is 0 Å². The Labute approximate surface area is 129 Å². The minimum Gasteiger partial charge on any atom is -0.492 e. The molecule has 0 aliphatic rings. The molecular weight excluding hydrogens is 260 g/mol. The molecule has 0 aliphatic heterocycles. The summed E-state index contributed by atoms with van der Waals surface area (Å²) in [7, 11) is 0. The number of hydrogen-bond donors (Lipinski definition) is 1. The summed E-state index contributed by atoms with van der Waals surface area (Å²) in [6, 6.07) is 8.30. The quantitative estimate of drug-likeness (QED) is 0.500. The van der Waals surface area contributed by atoms with E-state index in [1.54, 1.807) is 0 Å². The van der Waals surface area contributed by atoms with Gasteiger partial charge < -0.3 is 10.1 Å². The van der Waals surface area contributed by atoms with Crippen molar-refractivity contribution < 1.29 is 4.74 Å². The first-order valence-electron chi connectivity index (χ1n) is 7.88. The van der Waals surface area contributed by atoms with Crippen LogP contribution in [0, 0.1) is 12.3 Å². The number of nitrogens with zero attached hydrogens (tertiary/aromatic N) is 1. The molecule has 0 saturated carbocycles. The van der Waals surface area contributed by atoms with Crippen molar-refractivity contribution in [1.82, 2.24) is 10.2 Å². The number of ether oxygens (including phenoxy) is 1. The van der Waals surface area contributed by atoms with E-state index < -0.39 is 0 Å². The Morgan fingerprint density at radius 2 is 1.90 bits per heavy atom. The van der Waals surface area contributed by atoms with E-state index in [2.05, 4.69) is 42.1 Å². The molecule has 21 heavy (non-hydrogen) atoms. The Hall–Kier alpha value is -1.50. The minimum absolute atomic E-state index is 0.676. The van der Waals surface area contributed by atoms with Gasteiger partial charge in [0, 0.05) is 13.1 Å². The van der Waals surface area contributed by atoms with Crippen LogP contribution in [0.4, 0.5) is 0 Å². The normalized spacial score (nSPS) is 10.6. The van der Waals surface area contributed by atoms with Crippen LogP contribution in [0.2, 0.25) is 0 Å². The van der Waals surface area contributed by atoms with Crippen molar-refractivity contribution in [2.75, 3.05) is 32.8 Å². The molecule has 1 aromatic carbocycles. The summed E-state index contributed by atoms with van der Waals surface area (Å²) in [5, 5.41) is 3.39. The van der Waals surface area contributed by atoms with E-state index in [-0.39, 0.29) is 0 Å². The molecule has 0 radical (unpaired) electrons. The van der Waals surface area contributed by atoms with Crippen molar-refractivity contribution in [1.29, 1.82) is 0 Å². The maximum absolute atomic E-state index is 5.78. The summed E-state index contributed by atoms with van der Waals surface area (Å²) in [5.41, 5.74) is 1.29. The minimum atomic E-state index is 0.676. The van der Waals surface area contributed by atoms with E-state index in [1.807, 2.05) is 12.1 Å². The SMILES string of the molecule is C#CCN(CCC)CCOc1ccc(CNCCC)cc1. The highest BCUT2D eigenvalue weighted by atomic mass is 16.5. The average molecular weight is 288 g/mol. The lowest BCUT2D eigenvalue weighted by atomic mass is 10.2. The first-order chi connectivity index (χ1) is 10.3. The van der Waals surface area contributed by atoms with Gasteiger partial charge in [-0.05, 0) is 43.6 Å². The molecule has 0 spiro atoms. The second-order valence-electron chi connectivity index (χ2n) is 5.15. The van der Waals surface area contributed by atoms with Gasteiger partial charge in [0.25, 0.3) is 0 Å². The van der Waals surface area contributed by atoms with Crippen LogP contribution in [-0.4, -0.2) is 37.7 Å². The van der Waals surface area contributed by atoms with Crippen LogP contribution in [0.15, 0.2) is 24.3 Å². The molecule has 1 aromatic rings. The molecule has 0 aliphatic carbocycles. The van der Waals surface area contributed by atoms with Gasteiger partial charge in [0.2, 0.25) is 0 Å². The van der Waals surface area contributed by atoms with Gasteiger partial charge in [0.15, 0.2) is 0 Å². The van der Waals surface area contributed by atoms with Crippen LogP contribution in [0.1, 0.15) is 32.3 Å². The molecule has 1 rings (SSSR count). The topological polar surface area (TPSA) is 24.5 Å². The second-order valence-corrected chi connectivity index (χ2v) is 5.15. The zero-order valence-corrected chi connectivity index (χ0v) is 13.4. The summed E-state index contributed by atoms with van der Waals surface area (Å²) < 4.78 is 5.78. The number of nitrogens with one attached hydrogen (secondary N) is 1. The third-order valence-corrected chi connectivity index (χ3v) is 3.21. The van der Waals surface area contributed by atoms with Crippen molar-refractivity contribution in [3.8, 4) is 18.1 Å². The highest BCUT2D eigenvalue weighted by Gasteiger charge is 2.02. The maximum atomic E-state index is 5.78. The number of terminal acetylenes is 1. The molecule has 0 atom stereocenters. The van der Waals surface area contributed by atoms with E-state index in [0.717, 1.165) is 44.8 Å². The molecule has 0 aromatic heterocycles. The fraction of sp³-hybridized carbons (Fsp3) is 0.556. The monoisotopic (exact) mass is 288 g/mol. The Morgan fingerprint density at radius 1 is 1.14 bits per heavy atom. The lowest BCUT2D eigenvalue weighted by molar-refractivity contribution is 0.225. The van der Waals surface area contributed by atoms with Gasteiger partial charge in [-0.25, -0.2) is 0 Å². The zero-order chi connectivity index (χ0) is 15.3. The molecule has 0 saturated heterocycles. The van der Waals surface area contributed by atoms with Crippen molar-refractivity contribution in [3.63, 3.8) is 0 Å². The first kappa shape index (κ1) is 17.6. The Balaban J connectivity index is 2.30. The van der Waals surface area contributed by atoms with Gasteiger partial charge in [-0.1, -0.05) is 31.9 Å². The molecule has 0 heterocycles. The highest BCUT2D eigenvalue weighted by Crippen LogP contribution is 2.12. The van der Waals surface area contributed by atoms with Gasteiger partial charge in [-0.3, -0.25) is 4.90 Å². The molecule has 0 amide bonds. The highest BCUT2D eigenvalue weighted by molar-refractivity contribution is 5.27. The third kappa shape index (κ3) is 7.75. The van der Waals surface area contributed by atoms with Crippen LogP contribution in [0.25, 0.3) is 0 Å². The summed E-state index contributed by atoms with van der Waals surface area (Å²) in [4.78, 5) is 2.24. The summed E-state index contributed by atoms with van der Waals surface area (Å²) in [6.07, 6.45) is 7.64. The van der Waals surface area contributed by atoms with Crippen molar-refractivity contribution in [2.24, 2.45) is 0 Å². The van der Waals surface area contributed by atoms with E-state index >= 15 is 0 Å². The number of benzene rings is 1. The van der Waals surface area contributed by atoms with Gasteiger partial charge in [-0.2, -0.15) is 0 Å². The number of rotatable bonds is 11. The smallest absolute Gasteiger partial charge is 0.119 e. The molecule has 3 heteroatoms. The summed E-state index contributed by atoms with van der Waals surface area (Å²) in [5.74, 6) is 3.62. The van der Waals surface area contributed by atoms with E-state index in [0.29, 0.717) is 13.2 Å². The molecule has 0 unspecified atom stereocenters. The number of hydrogen-bond acceptors (Lipinski definition) is 3. The van der Waals surface area contributed by atoms with Gasteiger partial charge in [-0.15, -0.1) is 6.42 Å². The predicted octanol–water partition coefficient (Wildman–Crippen LogP) is 2.91. The zero-order valence-electron chi connectivity index (χ0n) is 13.4. The second kappa shape index (κ2) is 11.2. The van der Waals surface area contributed by atoms with Gasteiger partial charge in [0.1, 0.15) is 12.4 Å². The average Bonchev–Trinajstić information content (AvgIpc) is 2.49. The van der Waals surface area contributed by atoms with E-state index in [4.69, 9.17) is 11.2 Å². The fourth-order valence-corrected chi connectivity index (χ4v) is 2.12. The maximum Gasteiger partial charge on any atom is 0.119 e. The molecule has 0 bridgehead atoms. The van der Waals surface area contributed by atoms with Gasteiger partial charge >= 0.3 is 0 Å².